The van der Waals surface area contributed by atoms with Crippen molar-refractivity contribution < 1.29 is 14.6 Å². The maximum Gasteiger partial charge on any atom is 0.306 e. The van der Waals surface area contributed by atoms with Crippen LogP contribution in [0.2, 0.25) is 0 Å². The van der Waals surface area contributed by atoms with Crippen LogP contribution < -0.4 is 0 Å². The average molecular weight is 283 g/mol. The normalized spacial score (nSPS) is 17.4. The molecule has 1 aliphatic rings. The minimum Gasteiger partial charge on any atom is -0.481 e. The molecular weight excluding hydrogens is 262 g/mol. The van der Waals surface area contributed by atoms with E-state index in [0.29, 0.717) is 6.54 Å². The summed E-state index contributed by atoms with van der Waals surface area (Å²) in [6.07, 6.45) is 2.82. The average Bonchev–Trinajstić information content (AvgIpc) is 3.06. The summed E-state index contributed by atoms with van der Waals surface area (Å²) in [5.41, 5.74) is 0. The predicted molar refractivity (Wildman–Crippen MR) is 70.2 cm³/mol. The number of aliphatic carboxylic acids is 1. The molecule has 0 aromatic carbocycles. The molecule has 20 heavy (non-hydrogen) atoms. The Kier molecular flexibility index (Phi) is 5.42. The fourth-order valence-corrected chi connectivity index (χ4v) is 2.42. The van der Waals surface area contributed by atoms with Gasteiger partial charge in [0.05, 0.1) is 19.1 Å². The Morgan fingerprint density at radius 2 is 2.20 bits per heavy atom. The van der Waals surface area contributed by atoms with Gasteiger partial charge >= 0.3 is 5.97 Å². The van der Waals surface area contributed by atoms with Crippen LogP contribution in [0.4, 0.5) is 0 Å². The molecule has 1 aromatic heterocycles. The SMILES string of the molecule is COC(CC(=O)O)Cn1nnnc1CCN1CCCC1. The van der Waals surface area contributed by atoms with Gasteiger partial charge in [-0.25, -0.2) is 4.68 Å². The molecule has 0 saturated carbocycles. The number of carboxylic acid groups (broad SMARTS) is 1. The minimum atomic E-state index is -0.886. The number of nitrogens with zero attached hydrogens (tertiary/aromatic N) is 5. The molecule has 1 saturated heterocycles. The Morgan fingerprint density at radius 3 is 2.85 bits per heavy atom. The zero-order valence-corrected chi connectivity index (χ0v) is 11.7. The van der Waals surface area contributed by atoms with Crippen LogP contribution in [0.15, 0.2) is 0 Å². The first-order chi connectivity index (χ1) is 9.69. The van der Waals surface area contributed by atoms with E-state index in [1.807, 2.05) is 0 Å². The monoisotopic (exact) mass is 283 g/mol. The predicted octanol–water partition coefficient (Wildman–Crippen LogP) is -0.199. The van der Waals surface area contributed by atoms with Crippen LogP contribution in [-0.4, -0.2) is 69.0 Å². The number of hydrogen-bond donors (Lipinski definition) is 1. The van der Waals surface area contributed by atoms with Crippen LogP contribution in [0, 0.1) is 0 Å². The van der Waals surface area contributed by atoms with Crippen molar-refractivity contribution in [3.63, 3.8) is 0 Å². The number of carboxylic acids is 1. The van der Waals surface area contributed by atoms with E-state index in [-0.39, 0.29) is 6.42 Å². The van der Waals surface area contributed by atoms with Crippen molar-refractivity contribution in [1.82, 2.24) is 25.1 Å². The lowest BCUT2D eigenvalue weighted by Gasteiger charge is -2.16. The van der Waals surface area contributed by atoms with Gasteiger partial charge in [0.15, 0.2) is 5.82 Å². The van der Waals surface area contributed by atoms with Gasteiger partial charge in [0.2, 0.25) is 0 Å². The van der Waals surface area contributed by atoms with Gasteiger partial charge in [0, 0.05) is 20.1 Å². The molecule has 0 amide bonds. The van der Waals surface area contributed by atoms with Gasteiger partial charge < -0.3 is 14.7 Å². The highest BCUT2D eigenvalue weighted by molar-refractivity contribution is 5.67. The maximum atomic E-state index is 10.7. The summed E-state index contributed by atoms with van der Waals surface area (Å²) in [6.45, 7) is 3.59. The molecule has 1 aliphatic heterocycles. The van der Waals surface area contributed by atoms with E-state index in [1.54, 1.807) is 4.68 Å². The molecule has 2 rings (SSSR count). The zero-order chi connectivity index (χ0) is 14.4. The minimum absolute atomic E-state index is 0.0536. The lowest BCUT2D eigenvalue weighted by atomic mass is 10.2. The summed E-state index contributed by atoms with van der Waals surface area (Å²) in [7, 11) is 1.50. The van der Waals surface area contributed by atoms with Crippen molar-refractivity contribution >= 4 is 5.97 Å². The second kappa shape index (κ2) is 7.30. The Labute approximate surface area is 117 Å². The van der Waals surface area contributed by atoms with Gasteiger partial charge in [0.25, 0.3) is 0 Å². The fourth-order valence-electron chi connectivity index (χ4n) is 2.42. The van der Waals surface area contributed by atoms with Gasteiger partial charge in [-0.3, -0.25) is 4.79 Å². The van der Waals surface area contributed by atoms with Gasteiger partial charge in [-0.05, 0) is 36.4 Å². The molecule has 0 radical (unpaired) electrons. The topological polar surface area (TPSA) is 93.4 Å². The molecular formula is C12H21N5O3. The number of carbonyl (C=O) groups is 1. The van der Waals surface area contributed by atoms with Gasteiger partial charge in [-0.2, -0.15) is 0 Å². The second-order valence-electron chi connectivity index (χ2n) is 5.03. The van der Waals surface area contributed by atoms with E-state index in [0.717, 1.165) is 31.9 Å². The molecule has 8 nitrogen and oxygen atoms in total. The maximum absolute atomic E-state index is 10.7. The number of ether oxygens (including phenoxy) is 1. The first-order valence-electron chi connectivity index (χ1n) is 6.91. The summed E-state index contributed by atoms with van der Waals surface area (Å²) >= 11 is 0. The standard InChI is InChI=1S/C12H21N5O3/c1-20-10(8-12(18)19)9-17-11(13-14-15-17)4-7-16-5-2-3-6-16/h10H,2-9H2,1H3,(H,18,19). The number of hydrogen-bond acceptors (Lipinski definition) is 6. The van der Waals surface area contributed by atoms with Gasteiger partial charge in [-0.15, -0.1) is 5.10 Å². The molecule has 2 heterocycles. The van der Waals surface area contributed by atoms with Crippen LogP contribution in [0.1, 0.15) is 25.1 Å². The van der Waals surface area contributed by atoms with E-state index >= 15 is 0 Å². The van der Waals surface area contributed by atoms with Crippen LogP contribution in [0.3, 0.4) is 0 Å². The first-order valence-corrected chi connectivity index (χ1v) is 6.91. The quantitative estimate of drug-likeness (QED) is 0.706. The molecule has 0 bridgehead atoms. The Bertz CT molecular complexity index is 430. The first kappa shape index (κ1) is 14.9. The Hall–Kier alpha value is -1.54. The molecule has 1 atom stereocenters. The number of methoxy groups -OCH3 is 1. The van der Waals surface area contributed by atoms with Crippen molar-refractivity contribution in [3.05, 3.63) is 5.82 Å². The highest BCUT2D eigenvalue weighted by Crippen LogP contribution is 2.09. The number of rotatable bonds is 8. The Morgan fingerprint density at radius 1 is 1.45 bits per heavy atom. The highest BCUT2D eigenvalue weighted by atomic mass is 16.5. The largest absolute Gasteiger partial charge is 0.481 e. The van der Waals surface area contributed by atoms with Gasteiger partial charge in [-0.1, -0.05) is 0 Å². The molecule has 8 heteroatoms. The van der Waals surface area contributed by atoms with E-state index in [4.69, 9.17) is 9.84 Å². The van der Waals surface area contributed by atoms with Crippen molar-refractivity contribution in [2.24, 2.45) is 0 Å². The third kappa shape index (κ3) is 4.24. The molecule has 1 aromatic rings. The molecule has 1 fully saturated rings. The van der Waals surface area contributed by atoms with Crippen LogP contribution in [0.25, 0.3) is 0 Å². The van der Waals surface area contributed by atoms with Crippen LogP contribution in [-0.2, 0) is 22.5 Å². The van der Waals surface area contributed by atoms with E-state index in [1.165, 1.54) is 20.0 Å². The molecule has 112 valence electrons. The highest BCUT2D eigenvalue weighted by Gasteiger charge is 2.18. The summed E-state index contributed by atoms with van der Waals surface area (Å²) in [4.78, 5) is 13.1. The fraction of sp³-hybridized carbons (Fsp3) is 0.833. The van der Waals surface area contributed by atoms with Crippen molar-refractivity contribution in [3.8, 4) is 0 Å². The van der Waals surface area contributed by atoms with Crippen LogP contribution in [0.5, 0.6) is 0 Å². The molecule has 1 unspecified atom stereocenters. The third-order valence-corrected chi connectivity index (χ3v) is 3.57. The smallest absolute Gasteiger partial charge is 0.306 e. The van der Waals surface area contributed by atoms with E-state index < -0.39 is 12.1 Å². The third-order valence-electron chi connectivity index (χ3n) is 3.57. The van der Waals surface area contributed by atoms with E-state index in [2.05, 4.69) is 20.4 Å². The van der Waals surface area contributed by atoms with Crippen molar-refractivity contribution in [2.45, 2.75) is 38.3 Å². The zero-order valence-electron chi connectivity index (χ0n) is 11.7. The lowest BCUT2D eigenvalue weighted by Crippen LogP contribution is -2.26. The summed E-state index contributed by atoms with van der Waals surface area (Å²) in [5, 5.41) is 20.4. The number of aromatic nitrogens is 4. The van der Waals surface area contributed by atoms with Crippen molar-refractivity contribution in [1.29, 1.82) is 0 Å². The summed E-state index contributed by atoms with van der Waals surface area (Å²) < 4.78 is 6.81. The Balaban J connectivity index is 1.88. The second-order valence-corrected chi connectivity index (χ2v) is 5.03. The molecule has 0 aliphatic carbocycles. The van der Waals surface area contributed by atoms with E-state index in [9.17, 15) is 4.79 Å². The number of likely N-dealkylation sites (tertiary alicyclic amines) is 1. The van der Waals surface area contributed by atoms with Crippen molar-refractivity contribution in [2.75, 3.05) is 26.7 Å². The van der Waals surface area contributed by atoms with Crippen LogP contribution >= 0.6 is 0 Å². The summed E-state index contributed by atoms with van der Waals surface area (Å²) in [6, 6.07) is 0. The molecule has 0 spiro atoms. The lowest BCUT2D eigenvalue weighted by molar-refractivity contribution is -0.140. The number of tetrazole rings is 1. The summed E-state index contributed by atoms with van der Waals surface area (Å²) in [5.74, 6) is -0.104. The molecule has 1 N–H and O–H groups in total. The van der Waals surface area contributed by atoms with Gasteiger partial charge in [0.1, 0.15) is 0 Å².